The van der Waals surface area contributed by atoms with Crippen molar-refractivity contribution in [2.75, 3.05) is 13.1 Å². The molecular weight excluding hydrogens is 268 g/mol. The highest BCUT2D eigenvalue weighted by Crippen LogP contribution is 2.26. The Morgan fingerprint density at radius 3 is 2.86 bits per heavy atom. The summed E-state index contributed by atoms with van der Waals surface area (Å²) in [5, 5.41) is 21.8. The molecule has 114 valence electrons. The van der Waals surface area contributed by atoms with Crippen molar-refractivity contribution in [1.29, 1.82) is 0 Å². The molecule has 0 saturated carbocycles. The molecule has 1 aliphatic rings. The Morgan fingerprint density at radius 1 is 1.33 bits per heavy atom. The smallest absolute Gasteiger partial charge is 0.158 e. The molecule has 0 spiro atoms. The van der Waals surface area contributed by atoms with Gasteiger partial charge >= 0.3 is 0 Å². The summed E-state index contributed by atoms with van der Waals surface area (Å²) in [6.45, 7) is 2.93. The lowest BCUT2D eigenvalue weighted by Gasteiger charge is -2.32. The number of likely N-dealkylation sites (tertiary alicyclic amines) is 1. The highest BCUT2D eigenvalue weighted by molar-refractivity contribution is 5.05. The topological polar surface area (TPSA) is 72.0 Å². The first-order chi connectivity index (χ1) is 10.2. The monoisotopic (exact) mass is 290 g/mol. The van der Waals surface area contributed by atoms with Crippen molar-refractivity contribution in [3.05, 3.63) is 29.6 Å². The first-order valence-electron chi connectivity index (χ1n) is 7.37. The Kier molecular flexibility index (Phi) is 4.03. The lowest BCUT2D eigenvalue weighted by atomic mass is 9.97. The third-order valence-corrected chi connectivity index (χ3v) is 4.32. The second-order valence-electron chi connectivity index (χ2n) is 5.71. The van der Waals surface area contributed by atoms with Crippen LogP contribution in [0.3, 0.4) is 0 Å². The standard InChI is InChI=1S/C14H22N6O/c1-18-13(10-21)16-17-14(18)11-4-3-7-20(8-11)9-12-5-6-15-19(12)2/h5-6,11,21H,3-4,7-10H2,1-2H3. The highest BCUT2D eigenvalue weighted by atomic mass is 16.3. The summed E-state index contributed by atoms with van der Waals surface area (Å²) in [7, 11) is 3.91. The van der Waals surface area contributed by atoms with Gasteiger partial charge in [0.1, 0.15) is 12.4 Å². The van der Waals surface area contributed by atoms with Gasteiger partial charge in [-0.3, -0.25) is 9.58 Å². The number of piperidine rings is 1. The maximum Gasteiger partial charge on any atom is 0.158 e. The van der Waals surface area contributed by atoms with Gasteiger partial charge in [0.25, 0.3) is 0 Å². The molecular formula is C14H22N6O. The summed E-state index contributed by atoms with van der Waals surface area (Å²) < 4.78 is 3.86. The summed E-state index contributed by atoms with van der Waals surface area (Å²) in [6, 6.07) is 2.07. The van der Waals surface area contributed by atoms with Gasteiger partial charge in [-0.1, -0.05) is 0 Å². The summed E-state index contributed by atoms with van der Waals surface area (Å²) in [6.07, 6.45) is 4.12. The van der Waals surface area contributed by atoms with Crippen molar-refractivity contribution in [2.45, 2.75) is 31.9 Å². The predicted octanol–water partition coefficient (Wildman–Crippen LogP) is 0.420. The maximum atomic E-state index is 9.24. The van der Waals surface area contributed by atoms with Crippen molar-refractivity contribution in [3.63, 3.8) is 0 Å². The molecule has 2 aromatic heterocycles. The highest BCUT2D eigenvalue weighted by Gasteiger charge is 2.26. The van der Waals surface area contributed by atoms with Gasteiger partial charge in [0.05, 0.1) is 5.69 Å². The molecule has 1 atom stereocenters. The molecule has 3 heterocycles. The number of nitrogens with zero attached hydrogens (tertiary/aromatic N) is 6. The summed E-state index contributed by atoms with van der Waals surface area (Å²) in [5.41, 5.74) is 1.23. The van der Waals surface area contributed by atoms with E-state index in [4.69, 9.17) is 0 Å². The van der Waals surface area contributed by atoms with Crippen LogP contribution < -0.4 is 0 Å². The molecule has 2 aromatic rings. The zero-order valence-corrected chi connectivity index (χ0v) is 12.6. The molecule has 1 saturated heterocycles. The number of hydrogen-bond acceptors (Lipinski definition) is 5. The van der Waals surface area contributed by atoms with Gasteiger partial charge in [-0.25, -0.2) is 0 Å². The Labute approximate surface area is 124 Å². The van der Waals surface area contributed by atoms with Crippen molar-refractivity contribution in [2.24, 2.45) is 14.1 Å². The van der Waals surface area contributed by atoms with Gasteiger partial charge < -0.3 is 9.67 Å². The third-order valence-electron chi connectivity index (χ3n) is 4.32. The van der Waals surface area contributed by atoms with E-state index in [2.05, 4.69) is 26.3 Å². The normalized spacial score (nSPS) is 20.0. The minimum absolute atomic E-state index is 0.0606. The van der Waals surface area contributed by atoms with Crippen molar-refractivity contribution < 1.29 is 5.11 Å². The van der Waals surface area contributed by atoms with Crippen LogP contribution >= 0.6 is 0 Å². The number of rotatable bonds is 4. The second-order valence-corrected chi connectivity index (χ2v) is 5.71. The average molecular weight is 290 g/mol. The molecule has 7 nitrogen and oxygen atoms in total. The first kappa shape index (κ1) is 14.2. The molecule has 0 bridgehead atoms. The van der Waals surface area contributed by atoms with E-state index in [9.17, 15) is 5.11 Å². The molecule has 3 rings (SSSR count). The van der Waals surface area contributed by atoms with Crippen molar-refractivity contribution in [3.8, 4) is 0 Å². The Morgan fingerprint density at radius 2 is 2.19 bits per heavy atom. The van der Waals surface area contributed by atoms with Crippen LogP contribution in [0, 0.1) is 0 Å². The zero-order chi connectivity index (χ0) is 14.8. The quantitative estimate of drug-likeness (QED) is 0.883. The van der Waals surface area contributed by atoms with E-state index in [1.165, 1.54) is 5.69 Å². The van der Waals surface area contributed by atoms with Gasteiger partial charge in [0.2, 0.25) is 0 Å². The molecule has 7 heteroatoms. The summed E-state index contributed by atoms with van der Waals surface area (Å²) in [4.78, 5) is 2.44. The van der Waals surface area contributed by atoms with E-state index in [1.54, 1.807) is 0 Å². The van der Waals surface area contributed by atoms with E-state index >= 15 is 0 Å². The SMILES string of the molecule is Cn1nccc1CN1CCCC(c2nnc(CO)n2C)C1. The van der Waals surface area contributed by atoms with Crippen LogP contribution in [0.5, 0.6) is 0 Å². The molecule has 1 unspecified atom stereocenters. The van der Waals surface area contributed by atoms with Gasteiger partial charge in [0, 0.05) is 39.3 Å². The van der Waals surface area contributed by atoms with E-state index in [1.807, 2.05) is 29.5 Å². The number of aliphatic hydroxyl groups excluding tert-OH is 1. The maximum absolute atomic E-state index is 9.24. The van der Waals surface area contributed by atoms with Crippen LogP contribution in [0.15, 0.2) is 12.3 Å². The molecule has 0 amide bonds. The average Bonchev–Trinajstić information content (AvgIpc) is 3.06. The molecule has 0 radical (unpaired) electrons. The Bertz CT molecular complexity index is 604. The fourth-order valence-corrected chi connectivity index (χ4v) is 3.06. The first-order valence-corrected chi connectivity index (χ1v) is 7.37. The van der Waals surface area contributed by atoms with Crippen LogP contribution in [-0.2, 0) is 27.2 Å². The van der Waals surface area contributed by atoms with Gasteiger partial charge in [-0.15, -0.1) is 10.2 Å². The van der Waals surface area contributed by atoms with Crippen LogP contribution in [-0.4, -0.2) is 47.6 Å². The fraction of sp³-hybridized carbons (Fsp3) is 0.643. The van der Waals surface area contributed by atoms with Gasteiger partial charge in [0.15, 0.2) is 5.82 Å². The second kappa shape index (κ2) is 5.95. The van der Waals surface area contributed by atoms with Crippen molar-refractivity contribution in [1.82, 2.24) is 29.4 Å². The molecule has 1 N–H and O–H groups in total. The molecule has 0 aromatic carbocycles. The van der Waals surface area contributed by atoms with Gasteiger partial charge in [-0.2, -0.15) is 5.10 Å². The predicted molar refractivity (Wildman–Crippen MR) is 77.4 cm³/mol. The number of aryl methyl sites for hydroxylation is 1. The van der Waals surface area contributed by atoms with E-state index in [-0.39, 0.29) is 6.61 Å². The Hall–Kier alpha value is -1.73. The lowest BCUT2D eigenvalue weighted by molar-refractivity contribution is 0.190. The molecule has 0 aliphatic carbocycles. The largest absolute Gasteiger partial charge is 0.388 e. The lowest BCUT2D eigenvalue weighted by Crippen LogP contribution is -2.35. The Balaban J connectivity index is 1.70. The molecule has 1 aliphatic heterocycles. The number of hydrogen-bond donors (Lipinski definition) is 1. The minimum Gasteiger partial charge on any atom is -0.388 e. The van der Waals surface area contributed by atoms with Crippen LogP contribution in [0.2, 0.25) is 0 Å². The number of aliphatic hydroxyl groups is 1. The number of aromatic nitrogens is 5. The van der Waals surface area contributed by atoms with E-state index in [0.29, 0.717) is 11.7 Å². The van der Waals surface area contributed by atoms with Crippen molar-refractivity contribution >= 4 is 0 Å². The minimum atomic E-state index is -0.0606. The van der Waals surface area contributed by atoms with E-state index < -0.39 is 0 Å². The van der Waals surface area contributed by atoms with Crippen LogP contribution in [0.1, 0.15) is 36.1 Å². The molecule has 21 heavy (non-hydrogen) atoms. The summed E-state index contributed by atoms with van der Waals surface area (Å²) in [5.74, 6) is 1.99. The van der Waals surface area contributed by atoms with Gasteiger partial charge in [-0.05, 0) is 25.5 Å². The van der Waals surface area contributed by atoms with Crippen LogP contribution in [0.4, 0.5) is 0 Å². The van der Waals surface area contributed by atoms with Crippen LogP contribution in [0.25, 0.3) is 0 Å². The third kappa shape index (κ3) is 2.84. The summed E-state index contributed by atoms with van der Waals surface area (Å²) >= 11 is 0. The van der Waals surface area contributed by atoms with E-state index in [0.717, 1.165) is 38.3 Å². The molecule has 1 fully saturated rings. The zero-order valence-electron chi connectivity index (χ0n) is 12.6. The fourth-order valence-electron chi connectivity index (χ4n) is 3.06.